The molecule has 0 spiro atoms. The number of rotatable bonds is 4. The lowest BCUT2D eigenvalue weighted by atomic mass is 10.2. The van der Waals surface area contributed by atoms with Gasteiger partial charge in [-0.25, -0.2) is 0 Å². The average Bonchev–Trinajstić information content (AvgIpc) is 2.39. The highest BCUT2D eigenvalue weighted by Crippen LogP contribution is 2.25. The van der Waals surface area contributed by atoms with Crippen LogP contribution >= 0.6 is 0 Å². The van der Waals surface area contributed by atoms with Gasteiger partial charge in [-0.1, -0.05) is 6.07 Å². The summed E-state index contributed by atoms with van der Waals surface area (Å²) in [6, 6.07) is 9.38. The first-order valence-electron chi connectivity index (χ1n) is 5.71. The summed E-state index contributed by atoms with van der Waals surface area (Å²) in [7, 11) is 1.65. The van der Waals surface area contributed by atoms with Crippen LogP contribution in [0.4, 0.5) is 5.69 Å². The van der Waals surface area contributed by atoms with Gasteiger partial charge in [0.15, 0.2) is 0 Å². The normalized spacial score (nSPS) is 10.1. The SMILES string of the molecule is COc1cc(C)ccc1NCc1ccc(O)cn1. The maximum Gasteiger partial charge on any atom is 0.142 e. The molecule has 2 N–H and O–H groups in total. The van der Waals surface area contributed by atoms with Gasteiger partial charge in [0.25, 0.3) is 0 Å². The minimum Gasteiger partial charge on any atom is -0.506 e. The summed E-state index contributed by atoms with van der Waals surface area (Å²) in [5, 5.41) is 12.4. The van der Waals surface area contributed by atoms with Crippen molar-refractivity contribution in [1.29, 1.82) is 0 Å². The lowest BCUT2D eigenvalue weighted by Gasteiger charge is -2.11. The summed E-state index contributed by atoms with van der Waals surface area (Å²) < 4.78 is 5.31. The highest BCUT2D eigenvalue weighted by Gasteiger charge is 2.03. The van der Waals surface area contributed by atoms with Gasteiger partial charge in [-0.05, 0) is 36.8 Å². The maximum absolute atomic E-state index is 9.15. The number of benzene rings is 1. The Bertz CT molecular complexity index is 524. The monoisotopic (exact) mass is 244 g/mol. The molecular formula is C14H16N2O2. The van der Waals surface area contributed by atoms with E-state index in [-0.39, 0.29) is 5.75 Å². The first-order valence-corrected chi connectivity index (χ1v) is 5.71. The quantitative estimate of drug-likeness (QED) is 0.868. The van der Waals surface area contributed by atoms with E-state index in [4.69, 9.17) is 9.84 Å². The van der Waals surface area contributed by atoms with Gasteiger partial charge in [0.05, 0.1) is 31.2 Å². The fourth-order valence-electron chi connectivity index (χ4n) is 1.65. The zero-order valence-electron chi connectivity index (χ0n) is 10.5. The summed E-state index contributed by atoms with van der Waals surface area (Å²) in [4.78, 5) is 4.11. The van der Waals surface area contributed by atoms with Gasteiger partial charge < -0.3 is 15.2 Å². The highest BCUT2D eigenvalue weighted by molar-refractivity contribution is 5.57. The van der Waals surface area contributed by atoms with Crippen LogP contribution in [0.5, 0.6) is 11.5 Å². The van der Waals surface area contributed by atoms with Crippen LogP contribution in [0.2, 0.25) is 0 Å². The predicted molar refractivity (Wildman–Crippen MR) is 71.0 cm³/mol. The third-order valence-corrected chi connectivity index (χ3v) is 2.63. The van der Waals surface area contributed by atoms with E-state index in [2.05, 4.69) is 10.3 Å². The van der Waals surface area contributed by atoms with E-state index < -0.39 is 0 Å². The van der Waals surface area contributed by atoms with E-state index in [9.17, 15) is 0 Å². The van der Waals surface area contributed by atoms with Crippen LogP contribution < -0.4 is 10.1 Å². The molecule has 1 aromatic heterocycles. The molecule has 94 valence electrons. The van der Waals surface area contributed by atoms with Crippen LogP contribution in [0, 0.1) is 6.92 Å². The van der Waals surface area contributed by atoms with Gasteiger partial charge in [0.2, 0.25) is 0 Å². The van der Waals surface area contributed by atoms with Crippen molar-refractivity contribution in [3.8, 4) is 11.5 Å². The van der Waals surface area contributed by atoms with Crippen molar-refractivity contribution in [2.24, 2.45) is 0 Å². The van der Waals surface area contributed by atoms with Gasteiger partial charge in [0, 0.05) is 0 Å². The van der Waals surface area contributed by atoms with Crippen LogP contribution in [0.1, 0.15) is 11.3 Å². The largest absolute Gasteiger partial charge is 0.506 e. The molecule has 2 aromatic rings. The Balaban J connectivity index is 2.08. The van der Waals surface area contributed by atoms with Crippen LogP contribution in [0.25, 0.3) is 0 Å². The molecule has 0 bridgehead atoms. The molecule has 0 saturated heterocycles. The first-order chi connectivity index (χ1) is 8.69. The molecule has 4 nitrogen and oxygen atoms in total. The number of hydrogen-bond acceptors (Lipinski definition) is 4. The molecule has 0 amide bonds. The Hall–Kier alpha value is -2.23. The molecule has 0 aliphatic rings. The topological polar surface area (TPSA) is 54.4 Å². The minimum absolute atomic E-state index is 0.173. The first kappa shape index (κ1) is 12.2. The Morgan fingerprint density at radius 2 is 2.11 bits per heavy atom. The molecule has 0 aliphatic carbocycles. The smallest absolute Gasteiger partial charge is 0.142 e. The molecule has 1 heterocycles. The summed E-state index contributed by atoms with van der Waals surface area (Å²) in [5.74, 6) is 0.987. The van der Waals surface area contributed by atoms with Gasteiger partial charge in [-0.2, -0.15) is 0 Å². The van der Waals surface area contributed by atoms with Crippen molar-refractivity contribution in [3.05, 3.63) is 47.8 Å². The second-order valence-corrected chi connectivity index (χ2v) is 4.07. The van der Waals surface area contributed by atoms with E-state index in [0.717, 1.165) is 22.7 Å². The Kier molecular flexibility index (Phi) is 3.67. The maximum atomic E-state index is 9.15. The Morgan fingerprint density at radius 1 is 1.28 bits per heavy atom. The summed E-state index contributed by atoms with van der Waals surface area (Å²) in [6.07, 6.45) is 1.43. The van der Waals surface area contributed by atoms with E-state index in [1.165, 1.54) is 6.20 Å². The average molecular weight is 244 g/mol. The van der Waals surface area contributed by atoms with Gasteiger partial charge in [-0.15, -0.1) is 0 Å². The van der Waals surface area contributed by atoms with E-state index in [0.29, 0.717) is 6.54 Å². The minimum atomic E-state index is 0.173. The summed E-state index contributed by atoms with van der Waals surface area (Å²) in [5.41, 5.74) is 2.94. The summed E-state index contributed by atoms with van der Waals surface area (Å²) >= 11 is 0. The number of pyridine rings is 1. The molecule has 0 aliphatic heterocycles. The molecule has 0 fully saturated rings. The summed E-state index contributed by atoms with van der Waals surface area (Å²) in [6.45, 7) is 2.60. The van der Waals surface area contributed by atoms with Crippen LogP contribution in [0.15, 0.2) is 36.5 Å². The number of aromatic hydroxyl groups is 1. The second kappa shape index (κ2) is 5.40. The molecule has 0 unspecified atom stereocenters. The lowest BCUT2D eigenvalue weighted by Crippen LogP contribution is -2.03. The van der Waals surface area contributed by atoms with Crippen LogP contribution in [-0.2, 0) is 6.54 Å². The number of hydrogen-bond donors (Lipinski definition) is 2. The number of ether oxygens (including phenoxy) is 1. The lowest BCUT2D eigenvalue weighted by molar-refractivity contribution is 0.416. The van der Waals surface area contributed by atoms with E-state index in [1.54, 1.807) is 19.2 Å². The molecular weight excluding hydrogens is 228 g/mol. The third kappa shape index (κ3) is 2.91. The number of nitrogens with one attached hydrogen (secondary N) is 1. The Morgan fingerprint density at radius 3 is 2.78 bits per heavy atom. The number of aryl methyl sites for hydroxylation is 1. The third-order valence-electron chi connectivity index (χ3n) is 2.63. The number of methoxy groups -OCH3 is 1. The fraction of sp³-hybridized carbons (Fsp3) is 0.214. The van der Waals surface area contributed by atoms with Gasteiger partial charge in [-0.3, -0.25) is 4.98 Å². The van der Waals surface area contributed by atoms with E-state index >= 15 is 0 Å². The highest BCUT2D eigenvalue weighted by atomic mass is 16.5. The molecule has 18 heavy (non-hydrogen) atoms. The zero-order valence-corrected chi connectivity index (χ0v) is 10.5. The predicted octanol–water partition coefficient (Wildman–Crippen LogP) is 2.72. The molecule has 4 heteroatoms. The van der Waals surface area contributed by atoms with Gasteiger partial charge in [0.1, 0.15) is 11.5 Å². The van der Waals surface area contributed by atoms with Crippen molar-refractivity contribution in [2.75, 3.05) is 12.4 Å². The standard InChI is InChI=1S/C14H16N2O2/c1-10-3-6-13(14(7-10)18-2)16-8-11-4-5-12(17)9-15-11/h3-7,9,16-17H,8H2,1-2H3. The zero-order chi connectivity index (χ0) is 13.0. The molecule has 1 aromatic carbocycles. The second-order valence-electron chi connectivity index (χ2n) is 4.07. The number of nitrogens with zero attached hydrogens (tertiary/aromatic N) is 1. The molecule has 0 saturated carbocycles. The van der Waals surface area contributed by atoms with Gasteiger partial charge >= 0.3 is 0 Å². The molecule has 2 rings (SSSR count). The fourth-order valence-corrected chi connectivity index (χ4v) is 1.65. The molecule has 0 atom stereocenters. The Labute approximate surface area is 106 Å². The van der Waals surface area contributed by atoms with Crippen molar-refractivity contribution in [1.82, 2.24) is 4.98 Å². The van der Waals surface area contributed by atoms with Crippen molar-refractivity contribution < 1.29 is 9.84 Å². The van der Waals surface area contributed by atoms with Crippen molar-refractivity contribution in [3.63, 3.8) is 0 Å². The number of anilines is 1. The van der Waals surface area contributed by atoms with Crippen LogP contribution in [0.3, 0.4) is 0 Å². The van der Waals surface area contributed by atoms with E-state index in [1.807, 2.05) is 25.1 Å². The molecule has 0 radical (unpaired) electrons. The van der Waals surface area contributed by atoms with Crippen molar-refractivity contribution in [2.45, 2.75) is 13.5 Å². The van der Waals surface area contributed by atoms with Crippen LogP contribution in [-0.4, -0.2) is 17.2 Å². The number of aromatic nitrogens is 1. The van der Waals surface area contributed by atoms with Crippen molar-refractivity contribution >= 4 is 5.69 Å².